The summed E-state index contributed by atoms with van der Waals surface area (Å²) in [6, 6.07) is 11.8. The molecule has 0 saturated carbocycles. The molecule has 0 atom stereocenters. The minimum absolute atomic E-state index is 0.260. The van der Waals surface area contributed by atoms with Gasteiger partial charge >= 0.3 is 0 Å². The van der Waals surface area contributed by atoms with Crippen LogP contribution in [0.3, 0.4) is 0 Å². The van der Waals surface area contributed by atoms with Crippen LogP contribution < -0.4 is 0 Å². The molecule has 3 amide bonds. The smallest absolute Gasteiger partial charge is 0.262 e. The predicted molar refractivity (Wildman–Crippen MR) is 111 cm³/mol. The van der Waals surface area contributed by atoms with Crippen molar-refractivity contribution in [1.29, 1.82) is 0 Å². The highest BCUT2D eigenvalue weighted by Crippen LogP contribution is 2.30. The van der Waals surface area contributed by atoms with Crippen molar-refractivity contribution in [2.45, 2.75) is 26.3 Å². The van der Waals surface area contributed by atoms with Gasteiger partial charge in [0.05, 0.1) is 17.7 Å². The molecule has 0 fully saturated rings. The summed E-state index contributed by atoms with van der Waals surface area (Å²) in [5, 5.41) is 0.563. The number of carbonyl (C=O) groups excluding carboxylic acids is 3. The first-order valence-corrected chi connectivity index (χ1v) is 9.71. The fraction of sp³-hybridized carbons (Fsp3) is 0.273. The third-order valence-corrected chi connectivity index (χ3v) is 5.21. The molecule has 4 rings (SSSR count). The van der Waals surface area contributed by atoms with Gasteiger partial charge in [-0.15, -0.1) is 0 Å². The third kappa shape index (κ3) is 3.23. The SMILES string of the molecule is CC(C)(C)N1C(=O)c2ccc(C(=O)N3CCN=C3c3cccc(Cl)c3)cc2C1=O. The molecule has 2 aromatic carbocycles. The summed E-state index contributed by atoms with van der Waals surface area (Å²) in [4.78, 5) is 45.9. The molecule has 2 aliphatic rings. The van der Waals surface area contributed by atoms with E-state index >= 15 is 0 Å². The van der Waals surface area contributed by atoms with Crippen molar-refractivity contribution in [3.63, 3.8) is 0 Å². The predicted octanol–water partition coefficient (Wildman–Crippen LogP) is 3.64. The van der Waals surface area contributed by atoms with Gasteiger partial charge < -0.3 is 0 Å². The normalized spacial score (nSPS) is 16.3. The van der Waals surface area contributed by atoms with E-state index in [0.29, 0.717) is 35.1 Å². The first-order valence-electron chi connectivity index (χ1n) is 9.33. The molecule has 29 heavy (non-hydrogen) atoms. The minimum Gasteiger partial charge on any atom is -0.291 e. The van der Waals surface area contributed by atoms with Crippen molar-refractivity contribution in [2.75, 3.05) is 13.1 Å². The molecule has 0 spiro atoms. The molecule has 0 unspecified atom stereocenters. The van der Waals surface area contributed by atoms with Crippen LogP contribution in [-0.2, 0) is 0 Å². The van der Waals surface area contributed by atoms with Crippen molar-refractivity contribution >= 4 is 35.2 Å². The van der Waals surface area contributed by atoms with Crippen molar-refractivity contribution in [3.8, 4) is 0 Å². The second kappa shape index (κ2) is 6.81. The van der Waals surface area contributed by atoms with E-state index in [-0.39, 0.29) is 23.3 Å². The summed E-state index contributed by atoms with van der Waals surface area (Å²) < 4.78 is 0. The molecule has 0 N–H and O–H groups in total. The molecule has 0 saturated heterocycles. The lowest BCUT2D eigenvalue weighted by Gasteiger charge is -2.29. The van der Waals surface area contributed by atoms with Gasteiger partial charge in [-0.2, -0.15) is 0 Å². The molecule has 0 bridgehead atoms. The zero-order valence-corrected chi connectivity index (χ0v) is 17.2. The Morgan fingerprint density at radius 1 is 1.03 bits per heavy atom. The van der Waals surface area contributed by atoms with E-state index in [2.05, 4.69) is 4.99 Å². The Kier molecular flexibility index (Phi) is 4.54. The fourth-order valence-electron chi connectivity index (χ4n) is 3.66. The lowest BCUT2D eigenvalue weighted by atomic mass is 10.0. The van der Waals surface area contributed by atoms with Gasteiger partial charge in [0.2, 0.25) is 0 Å². The third-order valence-electron chi connectivity index (χ3n) is 4.97. The maximum atomic E-state index is 13.2. The Bertz CT molecular complexity index is 1080. The van der Waals surface area contributed by atoms with Gasteiger partial charge in [-0.05, 0) is 51.1 Å². The number of amides is 3. The Hall–Kier alpha value is -2.99. The van der Waals surface area contributed by atoms with E-state index in [9.17, 15) is 14.4 Å². The molecule has 2 aromatic rings. The quantitative estimate of drug-likeness (QED) is 0.711. The van der Waals surface area contributed by atoms with Gasteiger partial charge in [0.25, 0.3) is 17.7 Å². The number of fused-ring (bicyclic) bond motifs is 1. The van der Waals surface area contributed by atoms with Crippen molar-refractivity contribution in [1.82, 2.24) is 9.80 Å². The van der Waals surface area contributed by atoms with Crippen LogP contribution in [0.5, 0.6) is 0 Å². The van der Waals surface area contributed by atoms with Crippen molar-refractivity contribution < 1.29 is 14.4 Å². The van der Waals surface area contributed by atoms with E-state index in [0.717, 1.165) is 5.56 Å². The van der Waals surface area contributed by atoms with Gasteiger partial charge in [0.1, 0.15) is 5.84 Å². The Balaban J connectivity index is 1.67. The molecule has 0 aliphatic carbocycles. The van der Waals surface area contributed by atoms with Crippen LogP contribution in [0.25, 0.3) is 0 Å². The Morgan fingerprint density at radius 2 is 1.76 bits per heavy atom. The molecule has 6 nitrogen and oxygen atoms in total. The van der Waals surface area contributed by atoms with Gasteiger partial charge in [-0.1, -0.05) is 23.7 Å². The number of carbonyl (C=O) groups is 3. The van der Waals surface area contributed by atoms with Crippen LogP contribution in [0, 0.1) is 0 Å². The highest BCUT2D eigenvalue weighted by atomic mass is 35.5. The number of imide groups is 1. The average Bonchev–Trinajstić information content (AvgIpc) is 3.24. The standard InChI is InChI=1S/C22H20ClN3O3/c1-22(2,3)26-20(28)16-8-7-14(12-17(16)21(26)29)19(27)25-10-9-24-18(25)13-5-4-6-15(23)11-13/h4-8,11-12H,9-10H2,1-3H3. The highest BCUT2D eigenvalue weighted by Gasteiger charge is 2.42. The van der Waals surface area contributed by atoms with Crippen LogP contribution in [0.4, 0.5) is 0 Å². The van der Waals surface area contributed by atoms with Gasteiger partial charge in [-0.3, -0.25) is 29.2 Å². The lowest BCUT2D eigenvalue weighted by molar-refractivity contribution is 0.0507. The van der Waals surface area contributed by atoms with Crippen molar-refractivity contribution in [3.05, 3.63) is 69.7 Å². The van der Waals surface area contributed by atoms with Gasteiger partial charge in [-0.25, -0.2) is 0 Å². The number of amidine groups is 1. The van der Waals surface area contributed by atoms with Crippen LogP contribution >= 0.6 is 11.6 Å². The number of hydrogen-bond acceptors (Lipinski definition) is 4. The van der Waals surface area contributed by atoms with Crippen LogP contribution in [0.1, 0.15) is 57.4 Å². The summed E-state index contributed by atoms with van der Waals surface area (Å²) >= 11 is 6.08. The Labute approximate surface area is 173 Å². The van der Waals surface area contributed by atoms with Crippen molar-refractivity contribution in [2.24, 2.45) is 4.99 Å². The molecule has 148 valence electrons. The number of nitrogens with zero attached hydrogens (tertiary/aromatic N) is 3. The first-order chi connectivity index (χ1) is 13.7. The Morgan fingerprint density at radius 3 is 2.45 bits per heavy atom. The molecule has 7 heteroatoms. The molecule has 2 aliphatic heterocycles. The number of rotatable bonds is 2. The summed E-state index contributed by atoms with van der Waals surface area (Å²) in [7, 11) is 0. The van der Waals surface area contributed by atoms with E-state index in [1.165, 1.54) is 11.0 Å². The second-order valence-corrected chi connectivity index (χ2v) is 8.49. The van der Waals surface area contributed by atoms with E-state index in [1.54, 1.807) is 49.9 Å². The maximum Gasteiger partial charge on any atom is 0.262 e. The monoisotopic (exact) mass is 409 g/mol. The van der Waals surface area contributed by atoms with E-state index in [4.69, 9.17) is 11.6 Å². The number of benzene rings is 2. The van der Waals surface area contributed by atoms with Gasteiger partial charge in [0, 0.05) is 28.2 Å². The number of halogens is 1. The maximum absolute atomic E-state index is 13.2. The second-order valence-electron chi connectivity index (χ2n) is 8.05. The van der Waals surface area contributed by atoms with E-state index in [1.807, 2.05) is 12.1 Å². The minimum atomic E-state index is -0.640. The topological polar surface area (TPSA) is 70.1 Å². The molecule has 0 aromatic heterocycles. The number of aliphatic imine (C=N–C) groups is 1. The van der Waals surface area contributed by atoms with Gasteiger partial charge in [0.15, 0.2) is 0 Å². The highest BCUT2D eigenvalue weighted by molar-refractivity contribution is 6.31. The number of hydrogen-bond donors (Lipinski definition) is 0. The molecule has 0 radical (unpaired) electrons. The summed E-state index contributed by atoms with van der Waals surface area (Å²) in [5.41, 5.74) is 1.05. The largest absolute Gasteiger partial charge is 0.291 e. The van der Waals surface area contributed by atoms with Crippen LogP contribution in [0.2, 0.25) is 5.02 Å². The fourth-order valence-corrected chi connectivity index (χ4v) is 3.85. The van der Waals surface area contributed by atoms with Crippen LogP contribution in [0.15, 0.2) is 47.5 Å². The molecular weight excluding hydrogens is 390 g/mol. The molecule has 2 heterocycles. The van der Waals surface area contributed by atoms with E-state index < -0.39 is 5.54 Å². The summed E-state index contributed by atoms with van der Waals surface area (Å²) in [6.45, 7) is 6.35. The summed E-state index contributed by atoms with van der Waals surface area (Å²) in [6.07, 6.45) is 0. The summed E-state index contributed by atoms with van der Waals surface area (Å²) in [5.74, 6) is -0.425. The van der Waals surface area contributed by atoms with Crippen LogP contribution in [-0.4, -0.2) is 52.0 Å². The zero-order valence-electron chi connectivity index (χ0n) is 16.4. The average molecular weight is 410 g/mol. The lowest BCUT2D eigenvalue weighted by Crippen LogP contribution is -2.45. The molecular formula is C22H20ClN3O3. The first kappa shape index (κ1) is 19.3. The zero-order chi connectivity index (χ0) is 20.9.